The summed E-state index contributed by atoms with van der Waals surface area (Å²) >= 11 is 0. The largest absolute Gasteiger partial charge is 0.316 e. The Bertz CT molecular complexity index is 261. The van der Waals surface area contributed by atoms with Crippen LogP contribution >= 0.6 is 0 Å². The highest BCUT2D eigenvalue weighted by Gasteiger charge is 2.32. The van der Waals surface area contributed by atoms with Gasteiger partial charge in [0, 0.05) is 38.8 Å². The molecule has 1 rings (SSSR count). The Hall–Kier alpha value is -0.120. The first-order chi connectivity index (χ1) is 9.42. The Labute approximate surface area is 127 Å². The van der Waals surface area contributed by atoms with Crippen molar-refractivity contribution < 1.29 is 0 Å². The zero-order valence-corrected chi connectivity index (χ0v) is 14.7. The van der Waals surface area contributed by atoms with Crippen LogP contribution in [0.15, 0.2) is 0 Å². The molecule has 0 radical (unpaired) electrons. The first-order valence-electron chi connectivity index (χ1n) is 8.55. The number of nitrogens with one attached hydrogen (secondary N) is 1. The molecule has 0 aliphatic carbocycles. The summed E-state index contributed by atoms with van der Waals surface area (Å²) in [6.07, 6.45) is 2.54. The van der Waals surface area contributed by atoms with Crippen LogP contribution in [0.4, 0.5) is 0 Å². The van der Waals surface area contributed by atoms with Crippen LogP contribution in [-0.4, -0.2) is 62.2 Å². The molecule has 0 amide bonds. The van der Waals surface area contributed by atoms with Crippen molar-refractivity contribution >= 4 is 0 Å². The number of nitrogens with zero attached hydrogens (tertiary/aromatic N) is 2. The lowest BCUT2D eigenvalue weighted by atomic mass is 9.81. The van der Waals surface area contributed by atoms with Gasteiger partial charge in [-0.2, -0.15) is 0 Å². The van der Waals surface area contributed by atoms with E-state index in [-0.39, 0.29) is 0 Å². The molecule has 1 fully saturated rings. The predicted octanol–water partition coefficient (Wildman–Crippen LogP) is 2.67. The van der Waals surface area contributed by atoms with Gasteiger partial charge in [-0.1, -0.05) is 27.7 Å². The van der Waals surface area contributed by atoms with Crippen LogP contribution in [-0.2, 0) is 0 Å². The lowest BCUT2D eigenvalue weighted by Gasteiger charge is -2.44. The second-order valence-corrected chi connectivity index (χ2v) is 7.31. The van der Waals surface area contributed by atoms with Gasteiger partial charge in [0.25, 0.3) is 0 Å². The Morgan fingerprint density at radius 2 is 1.85 bits per heavy atom. The summed E-state index contributed by atoms with van der Waals surface area (Å²) in [5, 5.41) is 3.70. The van der Waals surface area contributed by atoms with Crippen molar-refractivity contribution in [2.24, 2.45) is 11.3 Å². The van der Waals surface area contributed by atoms with Crippen molar-refractivity contribution in [2.75, 3.05) is 46.3 Å². The molecule has 1 atom stereocenters. The van der Waals surface area contributed by atoms with E-state index in [4.69, 9.17) is 0 Å². The molecule has 0 spiro atoms. The minimum Gasteiger partial charge on any atom is -0.316 e. The molecule has 1 unspecified atom stereocenters. The fraction of sp³-hybridized carbons (Fsp3) is 1.00. The third-order valence-corrected chi connectivity index (χ3v) is 5.06. The number of likely N-dealkylation sites (N-methyl/N-ethyl adjacent to an activating group) is 1. The highest BCUT2D eigenvalue weighted by molar-refractivity contribution is 4.87. The minimum absolute atomic E-state index is 0.444. The summed E-state index contributed by atoms with van der Waals surface area (Å²) in [5.74, 6) is 0.740. The summed E-state index contributed by atoms with van der Waals surface area (Å²) < 4.78 is 0. The van der Waals surface area contributed by atoms with E-state index < -0.39 is 0 Å². The van der Waals surface area contributed by atoms with E-state index in [1.54, 1.807) is 0 Å². The van der Waals surface area contributed by atoms with Gasteiger partial charge in [-0.25, -0.2) is 0 Å². The lowest BCUT2D eigenvalue weighted by Crippen LogP contribution is -2.55. The van der Waals surface area contributed by atoms with Gasteiger partial charge in [0.2, 0.25) is 0 Å². The molecule has 1 heterocycles. The van der Waals surface area contributed by atoms with Crippen LogP contribution in [0.2, 0.25) is 0 Å². The van der Waals surface area contributed by atoms with Gasteiger partial charge in [-0.15, -0.1) is 0 Å². The zero-order chi connectivity index (χ0) is 15.2. The predicted molar refractivity (Wildman–Crippen MR) is 89.3 cm³/mol. The molecule has 0 aromatic rings. The van der Waals surface area contributed by atoms with Gasteiger partial charge >= 0.3 is 0 Å². The lowest BCUT2D eigenvalue weighted by molar-refractivity contribution is 0.0493. The topological polar surface area (TPSA) is 18.5 Å². The fourth-order valence-electron chi connectivity index (χ4n) is 3.25. The molecular formula is C17H37N3. The zero-order valence-electron chi connectivity index (χ0n) is 14.7. The van der Waals surface area contributed by atoms with Crippen LogP contribution in [0.1, 0.15) is 47.5 Å². The highest BCUT2D eigenvalue weighted by Crippen LogP contribution is 2.28. The molecular weight excluding hydrogens is 246 g/mol. The molecule has 20 heavy (non-hydrogen) atoms. The Morgan fingerprint density at radius 1 is 1.20 bits per heavy atom. The number of hydrogen-bond donors (Lipinski definition) is 1. The van der Waals surface area contributed by atoms with E-state index in [2.05, 4.69) is 56.8 Å². The van der Waals surface area contributed by atoms with E-state index in [0.717, 1.165) is 19.0 Å². The van der Waals surface area contributed by atoms with Gasteiger partial charge in [-0.3, -0.25) is 4.90 Å². The Balaban J connectivity index is 2.56. The molecule has 1 aliphatic heterocycles. The molecule has 0 bridgehead atoms. The average Bonchev–Trinajstić information content (AvgIpc) is 2.40. The highest BCUT2D eigenvalue weighted by atomic mass is 15.3. The van der Waals surface area contributed by atoms with Crippen molar-refractivity contribution in [3.8, 4) is 0 Å². The van der Waals surface area contributed by atoms with Crippen molar-refractivity contribution in [1.82, 2.24) is 15.1 Å². The fourth-order valence-corrected chi connectivity index (χ4v) is 3.25. The summed E-state index contributed by atoms with van der Waals surface area (Å²) in [6, 6.07) is 0.691. The van der Waals surface area contributed by atoms with Gasteiger partial charge in [0.1, 0.15) is 0 Å². The van der Waals surface area contributed by atoms with Gasteiger partial charge in [-0.05, 0) is 44.7 Å². The smallest absolute Gasteiger partial charge is 0.0195 e. The summed E-state index contributed by atoms with van der Waals surface area (Å²) in [5.41, 5.74) is 0.444. The maximum absolute atomic E-state index is 3.70. The first kappa shape index (κ1) is 17.9. The second-order valence-electron chi connectivity index (χ2n) is 7.31. The van der Waals surface area contributed by atoms with Crippen LogP contribution in [0.5, 0.6) is 0 Å². The van der Waals surface area contributed by atoms with Crippen LogP contribution in [0.25, 0.3) is 0 Å². The van der Waals surface area contributed by atoms with Gasteiger partial charge < -0.3 is 10.2 Å². The molecule has 0 aromatic carbocycles. The van der Waals surface area contributed by atoms with Crippen molar-refractivity contribution in [2.45, 2.75) is 53.5 Å². The third-order valence-electron chi connectivity index (χ3n) is 5.06. The summed E-state index contributed by atoms with van der Waals surface area (Å²) in [6.45, 7) is 18.9. The molecule has 3 heteroatoms. The number of piperazine rings is 1. The standard InChI is InChI=1S/C17H37N3/c1-7-17(8-2,13-18-11-15(3)4)14-20-10-9-19(6)12-16(20)5/h15-16,18H,7-14H2,1-6H3. The van der Waals surface area contributed by atoms with E-state index in [9.17, 15) is 0 Å². The van der Waals surface area contributed by atoms with Gasteiger partial charge in [0.15, 0.2) is 0 Å². The van der Waals surface area contributed by atoms with Crippen LogP contribution < -0.4 is 5.32 Å². The molecule has 1 aliphatic rings. The van der Waals surface area contributed by atoms with E-state index in [1.165, 1.54) is 39.0 Å². The molecule has 120 valence electrons. The number of rotatable bonds is 8. The molecule has 1 saturated heterocycles. The normalized spacial score (nSPS) is 22.6. The summed E-state index contributed by atoms with van der Waals surface area (Å²) in [4.78, 5) is 5.17. The van der Waals surface area contributed by atoms with E-state index >= 15 is 0 Å². The Kier molecular flexibility index (Phi) is 7.49. The maximum atomic E-state index is 3.70. The van der Waals surface area contributed by atoms with Gasteiger partial charge in [0.05, 0.1) is 0 Å². The molecule has 0 saturated carbocycles. The SMILES string of the molecule is CCC(CC)(CNCC(C)C)CN1CCN(C)CC1C. The van der Waals surface area contributed by atoms with E-state index in [0.29, 0.717) is 11.5 Å². The van der Waals surface area contributed by atoms with Crippen molar-refractivity contribution in [1.29, 1.82) is 0 Å². The summed E-state index contributed by atoms with van der Waals surface area (Å²) in [7, 11) is 2.24. The monoisotopic (exact) mass is 283 g/mol. The molecule has 1 N–H and O–H groups in total. The molecule has 3 nitrogen and oxygen atoms in total. The van der Waals surface area contributed by atoms with Crippen molar-refractivity contribution in [3.05, 3.63) is 0 Å². The van der Waals surface area contributed by atoms with Crippen LogP contribution in [0, 0.1) is 11.3 Å². The van der Waals surface area contributed by atoms with E-state index in [1.807, 2.05) is 0 Å². The first-order valence-corrected chi connectivity index (χ1v) is 8.55. The quantitative estimate of drug-likeness (QED) is 0.739. The van der Waals surface area contributed by atoms with Crippen LogP contribution in [0.3, 0.4) is 0 Å². The second kappa shape index (κ2) is 8.35. The minimum atomic E-state index is 0.444. The van der Waals surface area contributed by atoms with Crippen molar-refractivity contribution in [3.63, 3.8) is 0 Å². The average molecular weight is 284 g/mol. The Morgan fingerprint density at radius 3 is 2.35 bits per heavy atom. The number of hydrogen-bond acceptors (Lipinski definition) is 3. The third kappa shape index (κ3) is 5.34. The molecule has 0 aromatic heterocycles. The maximum Gasteiger partial charge on any atom is 0.0195 e.